The molecule has 0 aliphatic carbocycles. The predicted molar refractivity (Wildman–Crippen MR) is 76.8 cm³/mol. The van der Waals surface area contributed by atoms with Crippen LogP contribution in [0, 0.1) is 0 Å². The summed E-state index contributed by atoms with van der Waals surface area (Å²) < 4.78 is 12.9. The Morgan fingerprint density at radius 2 is 2.00 bits per heavy atom. The Balaban J connectivity index is 2.43. The molecular weight excluding hydrogens is 240 g/mol. The van der Waals surface area contributed by atoms with E-state index in [2.05, 4.69) is 31.2 Å². The fourth-order valence-corrected chi connectivity index (χ4v) is 2.30. The molecule has 0 fully saturated rings. The second-order valence-electron chi connectivity index (χ2n) is 5.26. The van der Waals surface area contributed by atoms with Crippen LogP contribution >= 0.6 is 0 Å². The van der Waals surface area contributed by atoms with Crippen molar-refractivity contribution in [2.24, 2.45) is 7.05 Å². The third kappa shape index (κ3) is 2.89. The molecule has 0 saturated carbocycles. The van der Waals surface area contributed by atoms with Gasteiger partial charge in [-0.1, -0.05) is 19.9 Å². The lowest BCUT2D eigenvalue weighted by atomic mass is 9.99. The van der Waals surface area contributed by atoms with Crippen molar-refractivity contribution in [3.05, 3.63) is 23.9 Å². The molecule has 4 heteroatoms. The number of aromatic nitrogens is 2. The Kier molecular flexibility index (Phi) is 4.10. The maximum atomic E-state index is 5.92. The molecule has 0 aliphatic rings. The van der Waals surface area contributed by atoms with Crippen LogP contribution in [0.15, 0.2) is 18.3 Å². The second-order valence-corrected chi connectivity index (χ2v) is 5.26. The van der Waals surface area contributed by atoms with Crippen molar-refractivity contribution >= 4 is 10.9 Å². The number of fused-ring (bicyclic) bond motifs is 1. The van der Waals surface area contributed by atoms with Gasteiger partial charge in [-0.3, -0.25) is 4.68 Å². The second kappa shape index (κ2) is 5.61. The van der Waals surface area contributed by atoms with Crippen LogP contribution in [-0.2, 0) is 11.8 Å². The number of methoxy groups -OCH3 is 1. The zero-order valence-corrected chi connectivity index (χ0v) is 12.3. The molecule has 0 radical (unpaired) electrons. The summed E-state index contributed by atoms with van der Waals surface area (Å²) in [5, 5.41) is 5.69. The molecule has 4 nitrogen and oxygen atoms in total. The molecule has 0 spiro atoms. The Morgan fingerprint density at radius 3 is 2.63 bits per heavy atom. The average molecular weight is 262 g/mol. The van der Waals surface area contributed by atoms with Crippen molar-refractivity contribution < 1.29 is 9.47 Å². The van der Waals surface area contributed by atoms with E-state index in [0.29, 0.717) is 12.5 Å². The number of hydrogen-bond acceptors (Lipinski definition) is 3. The summed E-state index contributed by atoms with van der Waals surface area (Å²) in [6.07, 6.45) is 2.07. The molecule has 0 bridgehead atoms. The molecular formula is C15H22N2O2. The lowest BCUT2D eigenvalue weighted by Crippen LogP contribution is -2.18. The Bertz CT molecular complexity index is 561. The minimum absolute atomic E-state index is 0.0140. The summed E-state index contributed by atoms with van der Waals surface area (Å²) in [6, 6.07) is 4.14. The average Bonchev–Trinajstić information content (AvgIpc) is 2.71. The number of nitrogens with zero attached hydrogens (tertiary/aromatic N) is 2. The largest absolute Gasteiger partial charge is 0.486 e. The molecule has 0 unspecified atom stereocenters. The summed E-state index contributed by atoms with van der Waals surface area (Å²) in [6.45, 7) is 6.95. The minimum atomic E-state index is 0.0140. The van der Waals surface area contributed by atoms with Crippen LogP contribution in [0.5, 0.6) is 5.75 Å². The fourth-order valence-electron chi connectivity index (χ4n) is 2.30. The van der Waals surface area contributed by atoms with E-state index in [0.717, 1.165) is 11.3 Å². The quantitative estimate of drug-likeness (QED) is 0.830. The van der Waals surface area contributed by atoms with Gasteiger partial charge in [0.1, 0.15) is 17.4 Å². The minimum Gasteiger partial charge on any atom is -0.486 e. The van der Waals surface area contributed by atoms with Crippen molar-refractivity contribution in [3.8, 4) is 5.75 Å². The van der Waals surface area contributed by atoms with Gasteiger partial charge in [-0.2, -0.15) is 5.10 Å². The molecule has 0 aliphatic heterocycles. The number of aryl methyl sites for hydroxylation is 1. The predicted octanol–water partition coefficient (Wildman–Crippen LogP) is 3.11. The molecule has 0 saturated heterocycles. The smallest absolute Gasteiger partial charge is 0.147 e. The van der Waals surface area contributed by atoms with Crippen molar-refractivity contribution in [2.75, 3.05) is 13.7 Å². The highest BCUT2D eigenvalue weighted by atomic mass is 16.5. The van der Waals surface area contributed by atoms with E-state index in [-0.39, 0.29) is 6.10 Å². The van der Waals surface area contributed by atoms with Gasteiger partial charge in [-0.15, -0.1) is 0 Å². The normalized spacial score (nSPS) is 13.2. The molecule has 2 rings (SSSR count). The van der Waals surface area contributed by atoms with Crippen LogP contribution in [-0.4, -0.2) is 29.6 Å². The van der Waals surface area contributed by atoms with Crippen LogP contribution in [0.1, 0.15) is 32.3 Å². The molecule has 2 aromatic rings. The molecule has 1 aromatic carbocycles. The molecule has 1 heterocycles. The zero-order valence-electron chi connectivity index (χ0n) is 12.3. The highest BCUT2D eigenvalue weighted by Gasteiger charge is 2.14. The summed E-state index contributed by atoms with van der Waals surface area (Å²) in [7, 11) is 3.62. The Hall–Kier alpha value is -1.55. The van der Waals surface area contributed by atoms with E-state index in [1.54, 1.807) is 7.11 Å². The van der Waals surface area contributed by atoms with Crippen LogP contribution < -0.4 is 4.74 Å². The first kappa shape index (κ1) is 13.9. The van der Waals surface area contributed by atoms with Crippen LogP contribution in [0.3, 0.4) is 0 Å². The van der Waals surface area contributed by atoms with E-state index in [4.69, 9.17) is 9.47 Å². The van der Waals surface area contributed by atoms with E-state index in [1.807, 2.05) is 24.7 Å². The Labute approximate surface area is 114 Å². The lowest BCUT2D eigenvalue weighted by Gasteiger charge is -2.15. The van der Waals surface area contributed by atoms with Crippen molar-refractivity contribution in [3.63, 3.8) is 0 Å². The van der Waals surface area contributed by atoms with Crippen LogP contribution in [0.25, 0.3) is 10.9 Å². The van der Waals surface area contributed by atoms with Gasteiger partial charge in [0.25, 0.3) is 0 Å². The first-order valence-electron chi connectivity index (χ1n) is 6.64. The van der Waals surface area contributed by atoms with E-state index >= 15 is 0 Å². The summed E-state index contributed by atoms with van der Waals surface area (Å²) in [5.41, 5.74) is 2.23. The van der Waals surface area contributed by atoms with Gasteiger partial charge in [-0.05, 0) is 24.5 Å². The number of hydrogen-bond donors (Lipinski definition) is 0. The van der Waals surface area contributed by atoms with Crippen molar-refractivity contribution in [2.45, 2.75) is 32.8 Å². The number of rotatable bonds is 5. The molecule has 0 N–H and O–H groups in total. The fraction of sp³-hybridized carbons (Fsp3) is 0.533. The number of ether oxygens (including phenoxy) is 2. The number of benzene rings is 1. The third-order valence-electron chi connectivity index (χ3n) is 3.14. The third-order valence-corrected chi connectivity index (χ3v) is 3.14. The van der Waals surface area contributed by atoms with Crippen LogP contribution in [0.4, 0.5) is 0 Å². The SMILES string of the molecule is COC[C@@H](C)Oc1ccc(C(C)C)c2cn(C)nc12. The van der Waals surface area contributed by atoms with Gasteiger partial charge in [-0.25, -0.2) is 0 Å². The van der Waals surface area contributed by atoms with Gasteiger partial charge < -0.3 is 9.47 Å². The molecule has 19 heavy (non-hydrogen) atoms. The molecule has 104 valence electrons. The summed E-state index contributed by atoms with van der Waals surface area (Å²) in [4.78, 5) is 0. The highest BCUT2D eigenvalue weighted by molar-refractivity contribution is 5.87. The monoisotopic (exact) mass is 262 g/mol. The maximum absolute atomic E-state index is 5.92. The lowest BCUT2D eigenvalue weighted by molar-refractivity contribution is 0.0929. The topological polar surface area (TPSA) is 36.3 Å². The molecule has 1 atom stereocenters. The maximum Gasteiger partial charge on any atom is 0.147 e. The Morgan fingerprint density at radius 1 is 1.26 bits per heavy atom. The van der Waals surface area contributed by atoms with E-state index in [9.17, 15) is 0 Å². The van der Waals surface area contributed by atoms with Crippen molar-refractivity contribution in [1.82, 2.24) is 9.78 Å². The van der Waals surface area contributed by atoms with Crippen LogP contribution in [0.2, 0.25) is 0 Å². The van der Waals surface area contributed by atoms with Gasteiger partial charge in [0, 0.05) is 25.7 Å². The van der Waals surface area contributed by atoms with E-state index < -0.39 is 0 Å². The van der Waals surface area contributed by atoms with Gasteiger partial charge in [0.2, 0.25) is 0 Å². The highest BCUT2D eigenvalue weighted by Crippen LogP contribution is 2.31. The molecule has 0 amide bonds. The summed E-state index contributed by atoms with van der Waals surface area (Å²) in [5.74, 6) is 1.29. The first-order valence-corrected chi connectivity index (χ1v) is 6.64. The van der Waals surface area contributed by atoms with Crippen molar-refractivity contribution in [1.29, 1.82) is 0 Å². The summed E-state index contributed by atoms with van der Waals surface area (Å²) >= 11 is 0. The standard InChI is InChI=1S/C15H22N2O2/c1-10(2)12-6-7-14(19-11(3)9-18-5)15-13(12)8-17(4)16-15/h6-8,10-11H,9H2,1-5H3/t11-/m1/s1. The van der Waals surface area contributed by atoms with Gasteiger partial charge >= 0.3 is 0 Å². The van der Waals surface area contributed by atoms with Gasteiger partial charge in [0.15, 0.2) is 0 Å². The van der Waals surface area contributed by atoms with E-state index in [1.165, 1.54) is 10.9 Å². The first-order chi connectivity index (χ1) is 9.02. The molecule has 1 aromatic heterocycles. The zero-order chi connectivity index (χ0) is 14.0. The van der Waals surface area contributed by atoms with Gasteiger partial charge in [0.05, 0.1) is 6.61 Å².